The van der Waals surface area contributed by atoms with Crippen molar-refractivity contribution in [3.05, 3.63) is 12.0 Å². The Labute approximate surface area is 50.7 Å². The predicted octanol–water partition coefficient (Wildman–Crippen LogP) is -0.290. The van der Waals surface area contributed by atoms with Crippen molar-refractivity contribution in [1.29, 1.82) is 0 Å². The monoisotopic (exact) mass is 128 g/mol. The lowest BCUT2D eigenvalue weighted by Gasteiger charge is -2.00. The van der Waals surface area contributed by atoms with Crippen LogP contribution in [0.2, 0.25) is 0 Å². The molecule has 2 unspecified atom stereocenters. The van der Waals surface area contributed by atoms with Crippen LogP contribution >= 0.6 is 0 Å². The number of carbonyl (C=O) groups is 1. The Morgan fingerprint density at radius 2 is 2.67 bits per heavy atom. The molecule has 0 radical (unpaired) electrons. The highest BCUT2D eigenvalue weighted by Crippen LogP contribution is 2.43. The summed E-state index contributed by atoms with van der Waals surface area (Å²) in [6, 6.07) is 0. The number of aliphatic hydroxyl groups excluding tert-OH is 1. The molecule has 0 aromatic carbocycles. The van der Waals surface area contributed by atoms with Crippen LogP contribution in [0.1, 0.15) is 0 Å². The number of epoxide rings is 1. The van der Waals surface area contributed by atoms with Crippen molar-refractivity contribution in [3.8, 4) is 0 Å². The van der Waals surface area contributed by atoms with E-state index in [1.807, 2.05) is 0 Å². The molecule has 0 spiro atoms. The molecule has 4 nitrogen and oxygen atoms in total. The number of ether oxygens (including phenoxy) is 2. The minimum Gasteiger partial charge on any atom is -0.481 e. The average molecular weight is 128 g/mol. The van der Waals surface area contributed by atoms with Crippen molar-refractivity contribution in [2.24, 2.45) is 0 Å². The molecule has 48 valence electrons. The quantitative estimate of drug-likeness (QED) is 0.389. The number of fused-ring (bicyclic) bond motifs is 1. The van der Waals surface area contributed by atoms with Gasteiger partial charge >= 0.3 is 5.79 Å². The molecule has 0 aromatic rings. The number of hydrogen-bond acceptors (Lipinski definition) is 4. The number of aldehydes is 1. The molecule has 1 N–H and O–H groups in total. The molecule has 0 aliphatic carbocycles. The van der Waals surface area contributed by atoms with Crippen LogP contribution in [-0.4, -0.2) is 23.3 Å². The van der Waals surface area contributed by atoms with Gasteiger partial charge in [0.25, 0.3) is 5.95 Å². The van der Waals surface area contributed by atoms with E-state index in [1.165, 1.54) is 6.08 Å². The lowest BCUT2D eigenvalue weighted by molar-refractivity contribution is -0.129. The molecule has 1 saturated heterocycles. The van der Waals surface area contributed by atoms with Gasteiger partial charge in [-0.3, -0.25) is 4.79 Å². The predicted molar refractivity (Wildman–Crippen MR) is 25.5 cm³/mol. The summed E-state index contributed by atoms with van der Waals surface area (Å²) in [4.78, 5) is 10.1. The minimum absolute atomic E-state index is 0.224. The second kappa shape index (κ2) is 1.11. The summed E-state index contributed by atoms with van der Waals surface area (Å²) in [5.41, 5.74) is 0. The molecule has 2 rings (SSSR count). The molecular weight excluding hydrogens is 124 g/mol. The zero-order valence-electron chi connectivity index (χ0n) is 4.40. The van der Waals surface area contributed by atoms with Crippen LogP contribution < -0.4 is 0 Å². The van der Waals surface area contributed by atoms with E-state index in [1.54, 1.807) is 0 Å². The summed E-state index contributed by atoms with van der Waals surface area (Å²) in [6.07, 6.45) is 1.54. The minimum atomic E-state index is -1.15. The highest BCUT2D eigenvalue weighted by Gasteiger charge is 2.63. The van der Waals surface area contributed by atoms with Crippen molar-refractivity contribution >= 4 is 6.29 Å². The lowest BCUT2D eigenvalue weighted by atomic mass is 10.3. The third-order valence-electron chi connectivity index (χ3n) is 1.37. The first-order chi connectivity index (χ1) is 4.27. The van der Waals surface area contributed by atoms with Crippen molar-refractivity contribution in [1.82, 2.24) is 0 Å². The second-order valence-corrected chi connectivity index (χ2v) is 1.98. The van der Waals surface area contributed by atoms with E-state index in [0.29, 0.717) is 6.29 Å². The SMILES string of the molecule is O=CC12OC(O)=CC1O2. The summed E-state index contributed by atoms with van der Waals surface area (Å²) in [7, 11) is 0. The molecule has 0 bridgehead atoms. The third kappa shape index (κ3) is 0.432. The van der Waals surface area contributed by atoms with Gasteiger partial charge in [0.05, 0.1) is 0 Å². The van der Waals surface area contributed by atoms with Gasteiger partial charge in [-0.2, -0.15) is 0 Å². The average Bonchev–Trinajstić information content (AvgIpc) is 2.38. The standard InChI is InChI=1S/C5H4O4/c6-2-5-3(8-5)1-4(7)9-5/h1-3,7H. The highest BCUT2D eigenvalue weighted by molar-refractivity contribution is 5.67. The van der Waals surface area contributed by atoms with Crippen LogP contribution in [0.5, 0.6) is 0 Å². The highest BCUT2D eigenvalue weighted by atomic mass is 16.8. The van der Waals surface area contributed by atoms with Gasteiger partial charge in [-0.1, -0.05) is 0 Å². The van der Waals surface area contributed by atoms with Crippen molar-refractivity contribution in [3.63, 3.8) is 0 Å². The lowest BCUT2D eigenvalue weighted by Crippen LogP contribution is -2.15. The van der Waals surface area contributed by atoms with Crippen molar-refractivity contribution in [2.45, 2.75) is 11.9 Å². The van der Waals surface area contributed by atoms with E-state index in [-0.39, 0.29) is 12.0 Å². The summed E-state index contributed by atoms with van der Waals surface area (Å²) < 4.78 is 9.33. The summed E-state index contributed by atoms with van der Waals surface area (Å²) in [5.74, 6) is -1.37. The molecule has 2 atom stereocenters. The Balaban J connectivity index is 2.23. The molecule has 1 fully saturated rings. The van der Waals surface area contributed by atoms with Crippen LogP contribution in [0.3, 0.4) is 0 Å². The first-order valence-electron chi connectivity index (χ1n) is 2.51. The topological polar surface area (TPSA) is 59.1 Å². The third-order valence-corrected chi connectivity index (χ3v) is 1.37. The Morgan fingerprint density at radius 3 is 3.00 bits per heavy atom. The fraction of sp³-hybridized carbons (Fsp3) is 0.400. The molecule has 0 saturated carbocycles. The van der Waals surface area contributed by atoms with Crippen molar-refractivity contribution in [2.75, 3.05) is 0 Å². The summed E-state index contributed by atoms with van der Waals surface area (Å²) in [5, 5.41) is 8.63. The van der Waals surface area contributed by atoms with Gasteiger partial charge in [-0.15, -0.1) is 0 Å². The molecule has 0 aromatic heterocycles. The van der Waals surface area contributed by atoms with Crippen molar-refractivity contribution < 1.29 is 19.4 Å². The van der Waals surface area contributed by atoms with Gasteiger partial charge in [0.2, 0.25) is 0 Å². The van der Waals surface area contributed by atoms with Crippen LogP contribution in [0.15, 0.2) is 12.0 Å². The van der Waals surface area contributed by atoms with Gasteiger partial charge in [0.1, 0.15) is 0 Å². The first kappa shape index (κ1) is 4.81. The molecule has 2 aliphatic rings. The van der Waals surface area contributed by atoms with Gasteiger partial charge in [-0.05, 0) is 0 Å². The molecule has 9 heavy (non-hydrogen) atoms. The smallest absolute Gasteiger partial charge is 0.302 e. The normalized spacial score (nSPS) is 44.9. The van der Waals surface area contributed by atoms with Gasteiger partial charge in [0, 0.05) is 6.08 Å². The molecule has 2 heterocycles. The van der Waals surface area contributed by atoms with Crippen LogP contribution in [0.4, 0.5) is 0 Å². The van der Waals surface area contributed by atoms with E-state index in [9.17, 15) is 4.79 Å². The fourth-order valence-corrected chi connectivity index (χ4v) is 0.843. The van der Waals surface area contributed by atoms with E-state index < -0.39 is 5.79 Å². The molecule has 4 heteroatoms. The molecular formula is C5H4O4. The maximum atomic E-state index is 10.1. The largest absolute Gasteiger partial charge is 0.481 e. The van der Waals surface area contributed by atoms with Crippen LogP contribution in [0.25, 0.3) is 0 Å². The summed E-state index contributed by atoms with van der Waals surface area (Å²) in [6.45, 7) is 0. The fourth-order valence-electron chi connectivity index (χ4n) is 0.843. The summed E-state index contributed by atoms with van der Waals surface area (Å²) >= 11 is 0. The maximum absolute atomic E-state index is 10.1. The Kier molecular flexibility index (Phi) is 0.593. The Bertz CT molecular complexity index is 197. The molecule has 2 aliphatic heterocycles. The Morgan fingerprint density at radius 1 is 1.89 bits per heavy atom. The second-order valence-electron chi connectivity index (χ2n) is 1.98. The van der Waals surface area contributed by atoms with E-state index in [0.717, 1.165) is 0 Å². The van der Waals surface area contributed by atoms with E-state index in [2.05, 4.69) is 4.74 Å². The first-order valence-corrected chi connectivity index (χ1v) is 2.51. The number of aliphatic hydroxyl groups is 1. The van der Waals surface area contributed by atoms with E-state index in [4.69, 9.17) is 9.84 Å². The zero-order chi connectivity index (χ0) is 6.48. The zero-order valence-corrected chi connectivity index (χ0v) is 4.40. The van der Waals surface area contributed by atoms with Gasteiger partial charge < -0.3 is 14.6 Å². The Hall–Kier alpha value is -1.03. The number of hydrogen-bond donors (Lipinski definition) is 1. The maximum Gasteiger partial charge on any atom is 0.302 e. The van der Waals surface area contributed by atoms with Crippen LogP contribution in [-0.2, 0) is 14.3 Å². The number of carbonyl (C=O) groups excluding carboxylic acids is 1. The molecule has 0 amide bonds. The van der Waals surface area contributed by atoms with Crippen LogP contribution in [0, 0.1) is 0 Å². The number of rotatable bonds is 1. The van der Waals surface area contributed by atoms with Gasteiger partial charge in [0.15, 0.2) is 12.4 Å². The van der Waals surface area contributed by atoms with Gasteiger partial charge in [-0.25, -0.2) is 0 Å². The van der Waals surface area contributed by atoms with E-state index >= 15 is 0 Å².